The fraction of sp³-hybridized carbons (Fsp3) is 0.294. The van der Waals surface area contributed by atoms with E-state index in [1.165, 1.54) is 32.5 Å². The number of hydrogen-bond donors (Lipinski definition) is 1. The van der Waals surface area contributed by atoms with Crippen molar-refractivity contribution >= 4 is 11.9 Å². The highest BCUT2D eigenvalue weighted by Gasteiger charge is 2.05. The summed E-state index contributed by atoms with van der Waals surface area (Å²) in [6.45, 7) is -0.176. The van der Waals surface area contributed by atoms with Gasteiger partial charge in [0.2, 0.25) is 0 Å². The van der Waals surface area contributed by atoms with Crippen molar-refractivity contribution < 1.29 is 24.2 Å². The lowest BCUT2D eigenvalue weighted by Crippen LogP contribution is -2.02. The second-order valence-electron chi connectivity index (χ2n) is 3.91. The normalized spacial score (nSPS) is 8.46. The number of esters is 2. The number of ether oxygens (including phenoxy) is 2. The molecular formula is C17H24N2O5. The Kier molecular flexibility index (Phi) is 12.4. The number of pyridine rings is 2. The second kappa shape index (κ2) is 12.7. The third-order valence-electron chi connectivity index (χ3n) is 2.50. The van der Waals surface area contributed by atoms with Crippen LogP contribution < -0.4 is 0 Å². The van der Waals surface area contributed by atoms with E-state index in [9.17, 15) is 9.59 Å². The quantitative estimate of drug-likeness (QED) is 0.860. The third kappa shape index (κ3) is 7.46. The van der Waals surface area contributed by atoms with E-state index in [0.29, 0.717) is 16.8 Å². The van der Waals surface area contributed by atoms with Crippen molar-refractivity contribution in [2.75, 3.05) is 14.2 Å². The smallest absolute Gasteiger partial charge is 0.337 e. The molecule has 0 radical (unpaired) electrons. The summed E-state index contributed by atoms with van der Waals surface area (Å²) in [6.07, 6.45) is 4.55. The molecule has 0 amide bonds. The van der Waals surface area contributed by atoms with Crippen LogP contribution in [0.15, 0.2) is 42.9 Å². The van der Waals surface area contributed by atoms with Crippen LogP contribution in [0.1, 0.15) is 41.3 Å². The van der Waals surface area contributed by atoms with Gasteiger partial charge in [-0.15, -0.1) is 0 Å². The predicted molar refractivity (Wildman–Crippen MR) is 90.5 cm³/mol. The van der Waals surface area contributed by atoms with Crippen molar-refractivity contribution in [3.8, 4) is 0 Å². The molecule has 0 spiro atoms. The Hall–Kier alpha value is -2.80. The van der Waals surface area contributed by atoms with Crippen molar-refractivity contribution in [3.63, 3.8) is 0 Å². The average molecular weight is 336 g/mol. The number of aliphatic hydroxyl groups excluding tert-OH is 1. The Bertz CT molecular complexity index is 617. The van der Waals surface area contributed by atoms with Gasteiger partial charge in [0.25, 0.3) is 0 Å². The Balaban J connectivity index is 0. The molecule has 0 aromatic carbocycles. The molecule has 0 saturated carbocycles. The number of methoxy groups -OCH3 is 2. The van der Waals surface area contributed by atoms with Gasteiger partial charge in [0.05, 0.1) is 37.6 Å². The van der Waals surface area contributed by atoms with E-state index in [1.807, 2.05) is 0 Å². The Morgan fingerprint density at radius 1 is 0.958 bits per heavy atom. The maximum absolute atomic E-state index is 10.9. The number of carbonyl (C=O) groups excluding carboxylic acids is 2. The molecule has 1 N–H and O–H groups in total. The van der Waals surface area contributed by atoms with Gasteiger partial charge in [-0.3, -0.25) is 9.97 Å². The van der Waals surface area contributed by atoms with E-state index in [-0.39, 0.29) is 27.4 Å². The molecule has 0 bridgehead atoms. The molecule has 0 unspecified atom stereocenters. The van der Waals surface area contributed by atoms with E-state index in [0.717, 1.165) is 0 Å². The van der Waals surface area contributed by atoms with E-state index < -0.39 is 5.97 Å². The summed E-state index contributed by atoms with van der Waals surface area (Å²) in [4.78, 5) is 29.3. The summed E-state index contributed by atoms with van der Waals surface area (Å²) >= 11 is 0. The number of aliphatic hydroxyl groups is 1. The van der Waals surface area contributed by atoms with Gasteiger partial charge in [-0.25, -0.2) is 9.59 Å². The molecule has 0 fully saturated rings. The molecule has 0 atom stereocenters. The predicted octanol–water partition coefficient (Wildman–Crippen LogP) is 2.50. The van der Waals surface area contributed by atoms with Gasteiger partial charge in [0.15, 0.2) is 0 Å². The molecule has 24 heavy (non-hydrogen) atoms. The minimum atomic E-state index is -0.424. The van der Waals surface area contributed by atoms with E-state index in [1.54, 1.807) is 24.5 Å². The molecule has 2 heterocycles. The Morgan fingerprint density at radius 3 is 1.96 bits per heavy atom. The van der Waals surface area contributed by atoms with Crippen LogP contribution in [-0.2, 0) is 16.1 Å². The van der Waals surface area contributed by atoms with Gasteiger partial charge in [-0.2, -0.15) is 0 Å². The lowest BCUT2D eigenvalue weighted by molar-refractivity contribution is 0.0591. The first-order valence-corrected chi connectivity index (χ1v) is 6.24. The summed E-state index contributed by atoms with van der Waals surface area (Å²) in [5.41, 5.74) is 1.38. The van der Waals surface area contributed by atoms with Crippen molar-refractivity contribution in [2.45, 2.75) is 21.5 Å². The van der Waals surface area contributed by atoms with Gasteiger partial charge in [-0.1, -0.05) is 14.9 Å². The molecule has 0 aliphatic carbocycles. The monoisotopic (exact) mass is 336 g/mol. The van der Waals surface area contributed by atoms with Crippen LogP contribution >= 0.6 is 0 Å². The molecule has 2 rings (SSSR count). The molecule has 2 aromatic heterocycles. The number of hydrogen-bond acceptors (Lipinski definition) is 7. The van der Waals surface area contributed by atoms with Crippen LogP contribution in [0, 0.1) is 0 Å². The standard InChI is InChI=1S/C8H9NO3.C7H7NO2.2CH4/c1-12-8(11)6-2-3-9-7(4-6)5-10;1-10-7(9)6-2-4-8-5-3-6;;/h2-4,10H,5H2,1H3;2-5H,1H3;2*1H4. The van der Waals surface area contributed by atoms with Crippen molar-refractivity contribution in [2.24, 2.45) is 0 Å². The molecule has 2 aromatic rings. The SMILES string of the molecule is C.C.COC(=O)c1ccnc(CO)c1.COC(=O)c1ccncc1. The van der Waals surface area contributed by atoms with Gasteiger partial charge < -0.3 is 14.6 Å². The van der Waals surface area contributed by atoms with Gasteiger partial charge in [0.1, 0.15) is 0 Å². The Morgan fingerprint density at radius 2 is 1.46 bits per heavy atom. The lowest BCUT2D eigenvalue weighted by atomic mass is 10.2. The molecule has 0 aliphatic rings. The van der Waals surface area contributed by atoms with Crippen molar-refractivity contribution in [1.29, 1.82) is 0 Å². The summed E-state index contributed by atoms with van der Waals surface area (Å²) in [6, 6.07) is 6.23. The van der Waals surface area contributed by atoms with Crippen LogP contribution in [0.5, 0.6) is 0 Å². The first-order chi connectivity index (χ1) is 10.6. The largest absolute Gasteiger partial charge is 0.465 e. The third-order valence-corrected chi connectivity index (χ3v) is 2.50. The van der Waals surface area contributed by atoms with Crippen LogP contribution in [0.4, 0.5) is 0 Å². The van der Waals surface area contributed by atoms with Gasteiger partial charge in [0, 0.05) is 18.6 Å². The fourth-order valence-electron chi connectivity index (χ4n) is 1.42. The second-order valence-corrected chi connectivity index (χ2v) is 3.91. The molecule has 132 valence electrons. The van der Waals surface area contributed by atoms with E-state index in [2.05, 4.69) is 19.4 Å². The molecule has 7 heteroatoms. The first-order valence-electron chi connectivity index (χ1n) is 6.24. The van der Waals surface area contributed by atoms with E-state index in [4.69, 9.17) is 5.11 Å². The minimum Gasteiger partial charge on any atom is -0.465 e. The van der Waals surface area contributed by atoms with Crippen molar-refractivity contribution in [1.82, 2.24) is 9.97 Å². The molecule has 0 saturated heterocycles. The zero-order valence-electron chi connectivity index (χ0n) is 12.2. The summed E-state index contributed by atoms with van der Waals surface area (Å²) in [5, 5.41) is 8.70. The topological polar surface area (TPSA) is 98.6 Å². The zero-order valence-corrected chi connectivity index (χ0v) is 12.2. The Labute approximate surface area is 142 Å². The molecular weight excluding hydrogens is 312 g/mol. The number of aromatic nitrogens is 2. The minimum absolute atomic E-state index is 0. The molecule has 0 aliphatic heterocycles. The zero-order chi connectivity index (χ0) is 16.4. The first kappa shape index (κ1) is 23.5. The highest BCUT2D eigenvalue weighted by Crippen LogP contribution is 2.02. The van der Waals surface area contributed by atoms with Crippen LogP contribution in [0.2, 0.25) is 0 Å². The van der Waals surface area contributed by atoms with Crippen LogP contribution in [-0.4, -0.2) is 41.2 Å². The fourth-order valence-corrected chi connectivity index (χ4v) is 1.42. The van der Waals surface area contributed by atoms with Gasteiger partial charge >= 0.3 is 11.9 Å². The molecule has 7 nitrogen and oxygen atoms in total. The van der Waals surface area contributed by atoms with Crippen LogP contribution in [0.25, 0.3) is 0 Å². The number of rotatable bonds is 3. The summed E-state index contributed by atoms with van der Waals surface area (Å²) < 4.78 is 8.96. The summed E-state index contributed by atoms with van der Waals surface area (Å²) in [7, 11) is 2.66. The van der Waals surface area contributed by atoms with Crippen LogP contribution in [0.3, 0.4) is 0 Å². The van der Waals surface area contributed by atoms with Crippen molar-refractivity contribution in [3.05, 3.63) is 59.7 Å². The number of carbonyl (C=O) groups is 2. The summed E-state index contributed by atoms with van der Waals surface area (Å²) in [5.74, 6) is -0.755. The maximum atomic E-state index is 10.9. The lowest BCUT2D eigenvalue weighted by Gasteiger charge is -1.99. The number of nitrogens with zero attached hydrogens (tertiary/aromatic N) is 2. The van der Waals surface area contributed by atoms with E-state index >= 15 is 0 Å². The highest BCUT2D eigenvalue weighted by atomic mass is 16.5. The highest BCUT2D eigenvalue weighted by molar-refractivity contribution is 5.89. The maximum Gasteiger partial charge on any atom is 0.337 e. The average Bonchev–Trinajstić information content (AvgIpc) is 2.61. The van der Waals surface area contributed by atoms with Gasteiger partial charge in [-0.05, 0) is 24.3 Å².